The van der Waals surface area contributed by atoms with E-state index in [1.54, 1.807) is 40.1 Å². The first-order valence-electron chi connectivity index (χ1n) is 9.24. The largest absolute Gasteiger partial charge is 0.341 e. The number of nitrogens with zero attached hydrogens (tertiary/aromatic N) is 3. The Kier molecular flexibility index (Phi) is 6.13. The van der Waals surface area contributed by atoms with Gasteiger partial charge in [0, 0.05) is 58.2 Å². The van der Waals surface area contributed by atoms with E-state index < -0.39 is 10.0 Å². The van der Waals surface area contributed by atoms with Gasteiger partial charge in [-0.3, -0.25) is 9.59 Å². The van der Waals surface area contributed by atoms with Gasteiger partial charge in [-0.25, -0.2) is 8.42 Å². The van der Waals surface area contributed by atoms with Gasteiger partial charge in [-0.2, -0.15) is 4.31 Å². The molecule has 0 unspecified atom stereocenters. The number of sulfonamides is 1. The van der Waals surface area contributed by atoms with Crippen LogP contribution in [0.25, 0.3) is 0 Å². The van der Waals surface area contributed by atoms with E-state index in [-0.39, 0.29) is 48.7 Å². The van der Waals surface area contributed by atoms with Gasteiger partial charge in [-0.1, -0.05) is 18.2 Å². The predicted octanol–water partition coefficient (Wildman–Crippen LogP) is -0.141. The quantitative estimate of drug-likeness (QED) is 0.749. The minimum atomic E-state index is -3.53. The number of likely N-dealkylation sites (tertiary alicyclic amines) is 1. The summed E-state index contributed by atoms with van der Waals surface area (Å²) in [5.74, 6) is -0.148. The van der Waals surface area contributed by atoms with Crippen molar-refractivity contribution in [1.82, 2.24) is 14.1 Å². The van der Waals surface area contributed by atoms with Crippen LogP contribution in [0.4, 0.5) is 0 Å². The van der Waals surface area contributed by atoms with Crippen molar-refractivity contribution in [3.8, 4) is 0 Å². The van der Waals surface area contributed by atoms with Crippen LogP contribution in [0.15, 0.2) is 35.2 Å². The van der Waals surface area contributed by atoms with Crippen molar-refractivity contribution < 1.29 is 18.0 Å². The number of piperazine rings is 1. The summed E-state index contributed by atoms with van der Waals surface area (Å²) in [6.07, 6.45) is 1.13. The molecule has 2 saturated heterocycles. The Bertz CT molecular complexity index is 776. The molecular formula is C18H26N4O4S. The van der Waals surface area contributed by atoms with Gasteiger partial charge in [0.05, 0.1) is 4.90 Å². The molecule has 2 N–H and O–H groups in total. The lowest BCUT2D eigenvalue weighted by Crippen LogP contribution is -2.50. The van der Waals surface area contributed by atoms with Crippen molar-refractivity contribution in [3.63, 3.8) is 0 Å². The van der Waals surface area contributed by atoms with E-state index in [2.05, 4.69) is 0 Å². The molecule has 3 rings (SSSR count). The second-order valence-electron chi connectivity index (χ2n) is 6.99. The van der Waals surface area contributed by atoms with E-state index in [4.69, 9.17) is 5.73 Å². The number of carbonyl (C=O) groups excluding carboxylic acids is 2. The molecule has 148 valence electrons. The zero-order chi connectivity index (χ0) is 19.4. The average Bonchev–Trinajstić information content (AvgIpc) is 3.13. The second kappa shape index (κ2) is 8.37. The SMILES string of the molecule is N[C@@H]1CCN(C(=O)CCC(=O)N2CCN(S(=O)(=O)c3ccccc3)CC2)C1. The fourth-order valence-corrected chi connectivity index (χ4v) is 4.91. The molecule has 8 nitrogen and oxygen atoms in total. The summed E-state index contributed by atoms with van der Waals surface area (Å²) in [6.45, 7) is 2.42. The summed E-state index contributed by atoms with van der Waals surface area (Å²) >= 11 is 0. The molecule has 0 saturated carbocycles. The van der Waals surface area contributed by atoms with Gasteiger partial charge in [0.1, 0.15) is 0 Å². The Morgan fingerprint density at radius 3 is 2.07 bits per heavy atom. The highest BCUT2D eigenvalue weighted by Gasteiger charge is 2.30. The van der Waals surface area contributed by atoms with Gasteiger partial charge < -0.3 is 15.5 Å². The zero-order valence-electron chi connectivity index (χ0n) is 15.3. The van der Waals surface area contributed by atoms with E-state index >= 15 is 0 Å². The molecule has 2 aliphatic rings. The van der Waals surface area contributed by atoms with Crippen LogP contribution >= 0.6 is 0 Å². The summed E-state index contributed by atoms with van der Waals surface area (Å²) in [4.78, 5) is 28.1. The monoisotopic (exact) mass is 394 g/mol. The van der Waals surface area contributed by atoms with Gasteiger partial charge in [0.15, 0.2) is 0 Å². The summed E-state index contributed by atoms with van der Waals surface area (Å²) in [6, 6.07) is 8.33. The molecule has 0 aromatic heterocycles. The van der Waals surface area contributed by atoms with Crippen LogP contribution in [0.5, 0.6) is 0 Å². The van der Waals surface area contributed by atoms with Gasteiger partial charge >= 0.3 is 0 Å². The molecule has 2 aliphatic heterocycles. The Labute approximate surface area is 160 Å². The maximum atomic E-state index is 12.6. The highest BCUT2D eigenvalue weighted by atomic mass is 32.2. The van der Waals surface area contributed by atoms with E-state index in [0.717, 1.165) is 6.42 Å². The van der Waals surface area contributed by atoms with Crippen LogP contribution < -0.4 is 5.73 Å². The van der Waals surface area contributed by atoms with Crippen LogP contribution in [-0.4, -0.2) is 79.6 Å². The molecule has 1 atom stereocenters. The van der Waals surface area contributed by atoms with Crippen LogP contribution in [0.1, 0.15) is 19.3 Å². The fourth-order valence-electron chi connectivity index (χ4n) is 3.46. The maximum Gasteiger partial charge on any atom is 0.243 e. The lowest BCUT2D eigenvalue weighted by Gasteiger charge is -2.34. The van der Waals surface area contributed by atoms with Crippen LogP contribution in [0, 0.1) is 0 Å². The van der Waals surface area contributed by atoms with Crippen molar-refractivity contribution in [2.45, 2.75) is 30.2 Å². The third-order valence-corrected chi connectivity index (χ3v) is 7.02. The van der Waals surface area contributed by atoms with Crippen LogP contribution in [0.2, 0.25) is 0 Å². The average molecular weight is 394 g/mol. The summed E-state index contributed by atoms with van der Waals surface area (Å²) in [7, 11) is -3.53. The number of nitrogens with two attached hydrogens (primary N) is 1. The standard InChI is InChI=1S/C18H26N4O4S/c19-15-8-9-21(14-15)18(24)7-6-17(23)20-10-12-22(13-11-20)27(25,26)16-4-2-1-3-5-16/h1-5,15H,6-14,19H2/t15-/m1/s1. The molecular weight excluding hydrogens is 368 g/mol. The lowest BCUT2D eigenvalue weighted by atomic mass is 10.2. The van der Waals surface area contributed by atoms with E-state index in [9.17, 15) is 18.0 Å². The van der Waals surface area contributed by atoms with Gasteiger partial charge in [0.25, 0.3) is 0 Å². The minimum Gasteiger partial charge on any atom is -0.341 e. The fraction of sp³-hybridized carbons (Fsp3) is 0.556. The molecule has 1 aromatic carbocycles. The van der Waals surface area contributed by atoms with Crippen LogP contribution in [0.3, 0.4) is 0 Å². The molecule has 2 heterocycles. The number of amides is 2. The lowest BCUT2D eigenvalue weighted by molar-refractivity contribution is -0.137. The molecule has 2 amide bonds. The van der Waals surface area contributed by atoms with Crippen molar-refractivity contribution >= 4 is 21.8 Å². The number of rotatable bonds is 5. The molecule has 27 heavy (non-hydrogen) atoms. The molecule has 1 aromatic rings. The maximum absolute atomic E-state index is 12.6. The Balaban J connectivity index is 1.47. The normalized spacial score (nSPS) is 21.4. The van der Waals surface area contributed by atoms with Crippen molar-refractivity contribution in [2.24, 2.45) is 5.73 Å². The highest BCUT2D eigenvalue weighted by molar-refractivity contribution is 7.89. The first kappa shape index (κ1) is 19.8. The second-order valence-corrected chi connectivity index (χ2v) is 8.92. The Hall–Kier alpha value is -1.97. The third kappa shape index (κ3) is 4.66. The summed E-state index contributed by atoms with van der Waals surface area (Å²) in [5, 5.41) is 0. The molecule has 9 heteroatoms. The van der Waals surface area contributed by atoms with Gasteiger partial charge in [-0.15, -0.1) is 0 Å². The number of hydrogen-bond donors (Lipinski definition) is 1. The van der Waals surface area contributed by atoms with Crippen molar-refractivity contribution in [2.75, 3.05) is 39.3 Å². The van der Waals surface area contributed by atoms with E-state index in [1.165, 1.54) is 4.31 Å². The third-order valence-electron chi connectivity index (χ3n) is 5.10. The van der Waals surface area contributed by atoms with Crippen molar-refractivity contribution in [1.29, 1.82) is 0 Å². The Morgan fingerprint density at radius 1 is 0.926 bits per heavy atom. The molecule has 0 spiro atoms. The molecule has 0 radical (unpaired) electrons. The first-order valence-corrected chi connectivity index (χ1v) is 10.7. The Morgan fingerprint density at radius 2 is 1.52 bits per heavy atom. The number of carbonyl (C=O) groups is 2. The molecule has 0 aliphatic carbocycles. The number of benzene rings is 1. The molecule has 0 bridgehead atoms. The minimum absolute atomic E-state index is 0.0318. The highest BCUT2D eigenvalue weighted by Crippen LogP contribution is 2.18. The first-order chi connectivity index (χ1) is 12.9. The van der Waals surface area contributed by atoms with Crippen LogP contribution in [-0.2, 0) is 19.6 Å². The van der Waals surface area contributed by atoms with E-state index in [0.29, 0.717) is 26.2 Å². The summed E-state index contributed by atoms with van der Waals surface area (Å²) < 4.78 is 26.6. The van der Waals surface area contributed by atoms with Crippen molar-refractivity contribution in [3.05, 3.63) is 30.3 Å². The zero-order valence-corrected chi connectivity index (χ0v) is 16.1. The van der Waals surface area contributed by atoms with Gasteiger partial charge in [0.2, 0.25) is 21.8 Å². The molecule has 2 fully saturated rings. The summed E-state index contributed by atoms with van der Waals surface area (Å²) in [5.41, 5.74) is 5.80. The number of hydrogen-bond acceptors (Lipinski definition) is 5. The van der Waals surface area contributed by atoms with E-state index in [1.807, 2.05) is 0 Å². The predicted molar refractivity (Wildman–Crippen MR) is 100 cm³/mol. The topological polar surface area (TPSA) is 104 Å². The smallest absolute Gasteiger partial charge is 0.243 e. The van der Waals surface area contributed by atoms with Gasteiger partial charge in [-0.05, 0) is 18.6 Å².